The number of methoxy groups -OCH3 is 2. The summed E-state index contributed by atoms with van der Waals surface area (Å²) in [5, 5.41) is 3.33. The van der Waals surface area contributed by atoms with E-state index in [9.17, 15) is 0 Å². The Morgan fingerprint density at radius 2 is 1.68 bits per heavy atom. The first-order valence-electron chi connectivity index (χ1n) is 5.41. The van der Waals surface area contributed by atoms with E-state index in [1.165, 1.54) is 0 Å². The quantitative estimate of drug-likeness (QED) is 0.837. The summed E-state index contributed by atoms with van der Waals surface area (Å²) < 4.78 is 10.4. The monoisotopic (exact) mass is 280 g/mol. The second kappa shape index (κ2) is 5.62. The SMILES string of the molecule is COc1cc(Nc2cc(Cl)nc(N)n2)cc(OC)c1. The molecule has 2 aromatic rings. The average molecular weight is 281 g/mol. The molecular formula is C12H13ClN4O2. The van der Waals surface area contributed by atoms with Gasteiger partial charge in [0.25, 0.3) is 0 Å². The third-order valence-electron chi connectivity index (χ3n) is 2.34. The van der Waals surface area contributed by atoms with Crippen molar-refractivity contribution in [2.45, 2.75) is 0 Å². The maximum atomic E-state index is 5.81. The molecule has 0 saturated heterocycles. The van der Waals surface area contributed by atoms with Crippen molar-refractivity contribution in [2.24, 2.45) is 0 Å². The lowest BCUT2D eigenvalue weighted by Gasteiger charge is -2.10. The number of ether oxygens (including phenoxy) is 2. The first-order chi connectivity index (χ1) is 9.10. The van der Waals surface area contributed by atoms with Gasteiger partial charge in [0.15, 0.2) is 0 Å². The van der Waals surface area contributed by atoms with Crippen LogP contribution in [-0.2, 0) is 0 Å². The van der Waals surface area contributed by atoms with Crippen LogP contribution in [0.25, 0.3) is 0 Å². The molecule has 2 rings (SSSR count). The zero-order valence-corrected chi connectivity index (χ0v) is 11.2. The lowest BCUT2D eigenvalue weighted by molar-refractivity contribution is 0.395. The number of hydrogen-bond donors (Lipinski definition) is 2. The van der Waals surface area contributed by atoms with E-state index >= 15 is 0 Å². The molecule has 1 heterocycles. The molecule has 0 fully saturated rings. The van der Waals surface area contributed by atoms with Crippen LogP contribution in [0, 0.1) is 0 Å². The van der Waals surface area contributed by atoms with Crippen molar-refractivity contribution in [2.75, 3.05) is 25.3 Å². The van der Waals surface area contributed by atoms with Crippen LogP contribution in [-0.4, -0.2) is 24.2 Å². The van der Waals surface area contributed by atoms with E-state index in [0.717, 1.165) is 5.69 Å². The van der Waals surface area contributed by atoms with Gasteiger partial charge in [0, 0.05) is 30.0 Å². The standard InChI is InChI=1S/C12H13ClN4O2/c1-18-8-3-7(4-9(5-8)19-2)15-11-6-10(13)16-12(14)17-11/h3-6H,1-2H3,(H3,14,15,16,17). The van der Waals surface area contributed by atoms with Gasteiger partial charge < -0.3 is 20.5 Å². The van der Waals surface area contributed by atoms with Gasteiger partial charge in [0.05, 0.1) is 14.2 Å². The number of nitrogens with one attached hydrogen (secondary N) is 1. The van der Waals surface area contributed by atoms with E-state index in [2.05, 4.69) is 15.3 Å². The molecule has 0 aliphatic carbocycles. The van der Waals surface area contributed by atoms with E-state index < -0.39 is 0 Å². The molecule has 0 unspecified atom stereocenters. The Morgan fingerprint density at radius 1 is 1.05 bits per heavy atom. The Kier molecular flexibility index (Phi) is 3.91. The van der Waals surface area contributed by atoms with E-state index in [1.807, 2.05) is 0 Å². The highest BCUT2D eigenvalue weighted by Gasteiger charge is 2.05. The molecule has 0 amide bonds. The van der Waals surface area contributed by atoms with Gasteiger partial charge in [-0.15, -0.1) is 0 Å². The number of nitrogens with zero attached hydrogens (tertiary/aromatic N) is 2. The molecule has 0 saturated carbocycles. The zero-order valence-electron chi connectivity index (χ0n) is 10.5. The highest BCUT2D eigenvalue weighted by molar-refractivity contribution is 6.29. The number of benzene rings is 1. The van der Waals surface area contributed by atoms with Gasteiger partial charge >= 0.3 is 0 Å². The molecule has 100 valence electrons. The van der Waals surface area contributed by atoms with Crippen LogP contribution in [0.5, 0.6) is 11.5 Å². The van der Waals surface area contributed by atoms with Gasteiger partial charge in [-0.2, -0.15) is 4.98 Å². The second-order valence-corrected chi connectivity index (χ2v) is 4.05. The number of aromatic nitrogens is 2. The summed E-state index contributed by atoms with van der Waals surface area (Å²) >= 11 is 5.81. The lowest BCUT2D eigenvalue weighted by atomic mass is 10.2. The van der Waals surface area contributed by atoms with Crippen molar-refractivity contribution in [1.29, 1.82) is 0 Å². The van der Waals surface area contributed by atoms with Crippen molar-refractivity contribution < 1.29 is 9.47 Å². The first kappa shape index (κ1) is 13.2. The molecule has 0 aliphatic heterocycles. The van der Waals surface area contributed by atoms with Crippen molar-refractivity contribution in [3.8, 4) is 11.5 Å². The summed E-state index contributed by atoms with van der Waals surface area (Å²) in [6.07, 6.45) is 0. The minimum absolute atomic E-state index is 0.102. The molecule has 7 heteroatoms. The number of hydrogen-bond acceptors (Lipinski definition) is 6. The molecule has 0 radical (unpaired) electrons. The van der Waals surface area contributed by atoms with Crippen LogP contribution in [0.2, 0.25) is 5.15 Å². The minimum atomic E-state index is 0.102. The normalized spacial score (nSPS) is 10.1. The topological polar surface area (TPSA) is 82.3 Å². The summed E-state index contributed by atoms with van der Waals surface area (Å²) in [6, 6.07) is 6.94. The lowest BCUT2D eigenvalue weighted by Crippen LogP contribution is -2.00. The third-order valence-corrected chi connectivity index (χ3v) is 2.53. The van der Waals surface area contributed by atoms with E-state index in [0.29, 0.717) is 17.3 Å². The molecule has 3 N–H and O–H groups in total. The summed E-state index contributed by atoms with van der Waals surface area (Å²) in [4.78, 5) is 7.82. The predicted molar refractivity (Wildman–Crippen MR) is 74.3 cm³/mol. The molecule has 0 atom stereocenters. The molecular weight excluding hydrogens is 268 g/mol. The summed E-state index contributed by atoms with van der Waals surface area (Å²) in [5.41, 5.74) is 6.27. The van der Waals surface area contributed by atoms with Gasteiger partial charge in [-0.3, -0.25) is 0 Å². The van der Waals surface area contributed by atoms with Crippen molar-refractivity contribution >= 4 is 29.1 Å². The van der Waals surface area contributed by atoms with Crippen LogP contribution in [0.1, 0.15) is 0 Å². The van der Waals surface area contributed by atoms with Gasteiger partial charge in [-0.05, 0) is 0 Å². The molecule has 0 bridgehead atoms. The van der Waals surface area contributed by atoms with Gasteiger partial charge in [-0.25, -0.2) is 4.98 Å². The van der Waals surface area contributed by atoms with E-state index in [1.54, 1.807) is 38.5 Å². The fourth-order valence-corrected chi connectivity index (χ4v) is 1.72. The van der Waals surface area contributed by atoms with Gasteiger partial charge in [-0.1, -0.05) is 11.6 Å². The van der Waals surface area contributed by atoms with Crippen LogP contribution in [0.15, 0.2) is 24.3 Å². The molecule has 19 heavy (non-hydrogen) atoms. The Labute approximate surface area is 115 Å². The Hall–Kier alpha value is -2.21. The fourth-order valence-electron chi connectivity index (χ4n) is 1.53. The zero-order chi connectivity index (χ0) is 13.8. The van der Waals surface area contributed by atoms with Crippen LogP contribution in [0.3, 0.4) is 0 Å². The Bertz CT molecular complexity index is 549. The number of halogens is 1. The van der Waals surface area contributed by atoms with Crippen LogP contribution in [0.4, 0.5) is 17.5 Å². The molecule has 6 nitrogen and oxygen atoms in total. The predicted octanol–water partition coefficient (Wildman–Crippen LogP) is 2.47. The Morgan fingerprint density at radius 3 is 2.21 bits per heavy atom. The fraction of sp³-hybridized carbons (Fsp3) is 0.167. The summed E-state index contributed by atoms with van der Waals surface area (Å²) in [5.74, 6) is 1.92. The molecule has 0 aliphatic rings. The maximum absolute atomic E-state index is 5.81. The Balaban J connectivity index is 2.31. The smallest absolute Gasteiger partial charge is 0.223 e. The highest BCUT2D eigenvalue weighted by atomic mass is 35.5. The van der Waals surface area contributed by atoms with E-state index in [-0.39, 0.29) is 11.1 Å². The van der Waals surface area contributed by atoms with Crippen molar-refractivity contribution in [3.63, 3.8) is 0 Å². The maximum Gasteiger partial charge on any atom is 0.223 e. The minimum Gasteiger partial charge on any atom is -0.497 e. The molecule has 0 spiro atoms. The average Bonchev–Trinajstić information content (AvgIpc) is 2.37. The number of nitrogens with two attached hydrogens (primary N) is 1. The third kappa shape index (κ3) is 3.38. The van der Waals surface area contributed by atoms with E-state index in [4.69, 9.17) is 26.8 Å². The molecule has 1 aromatic carbocycles. The highest BCUT2D eigenvalue weighted by Crippen LogP contribution is 2.28. The number of anilines is 3. The largest absolute Gasteiger partial charge is 0.497 e. The van der Waals surface area contributed by atoms with Gasteiger partial charge in [0.1, 0.15) is 22.5 Å². The van der Waals surface area contributed by atoms with Crippen molar-refractivity contribution in [3.05, 3.63) is 29.4 Å². The van der Waals surface area contributed by atoms with Gasteiger partial charge in [0.2, 0.25) is 5.95 Å². The van der Waals surface area contributed by atoms with Crippen molar-refractivity contribution in [1.82, 2.24) is 9.97 Å². The first-order valence-corrected chi connectivity index (χ1v) is 5.78. The summed E-state index contributed by atoms with van der Waals surface area (Å²) in [6.45, 7) is 0. The number of nitrogen functional groups attached to an aromatic ring is 1. The second-order valence-electron chi connectivity index (χ2n) is 3.66. The summed E-state index contributed by atoms with van der Waals surface area (Å²) in [7, 11) is 3.16. The number of rotatable bonds is 4. The molecule has 1 aromatic heterocycles. The van der Waals surface area contributed by atoms with Crippen LogP contribution < -0.4 is 20.5 Å². The van der Waals surface area contributed by atoms with Crippen LogP contribution >= 0.6 is 11.6 Å².